The van der Waals surface area contributed by atoms with Crippen LogP contribution in [0.25, 0.3) is 12.2 Å². The first-order valence-electron chi connectivity index (χ1n) is 9.22. The van der Waals surface area contributed by atoms with Crippen LogP contribution < -0.4 is 0 Å². The van der Waals surface area contributed by atoms with E-state index < -0.39 is 0 Å². The molecule has 0 bridgehead atoms. The van der Waals surface area contributed by atoms with E-state index in [0.29, 0.717) is 17.5 Å². The number of aryl methyl sites for hydroxylation is 1. The van der Waals surface area contributed by atoms with Gasteiger partial charge in [0.05, 0.1) is 6.67 Å². The first kappa shape index (κ1) is 17.8. The zero-order valence-electron chi connectivity index (χ0n) is 15.4. The Morgan fingerprint density at radius 1 is 1.22 bits per heavy atom. The summed E-state index contributed by atoms with van der Waals surface area (Å²) in [5.41, 5.74) is 3.64. The van der Waals surface area contributed by atoms with Gasteiger partial charge in [-0.2, -0.15) is 4.98 Å². The van der Waals surface area contributed by atoms with Gasteiger partial charge in [0.25, 0.3) is 0 Å². The summed E-state index contributed by atoms with van der Waals surface area (Å²) < 4.78 is 2.53. The standard InChI is InChI=1S/C21H23N5S/c1-16-5-2-3-7-18(16)8-11-20-23-21(27)26(24-20)15-25(19-9-10-19)14-17-6-4-12-22-13-17/h2-8,11-13,19H,9-10,14-15H2,1H3,(H,23,24,27). The summed E-state index contributed by atoms with van der Waals surface area (Å²) in [5, 5.41) is 3.33. The Morgan fingerprint density at radius 2 is 2.07 bits per heavy atom. The molecule has 0 saturated heterocycles. The van der Waals surface area contributed by atoms with Crippen molar-refractivity contribution in [2.45, 2.75) is 39.0 Å². The van der Waals surface area contributed by atoms with Gasteiger partial charge >= 0.3 is 0 Å². The number of rotatable bonds is 7. The van der Waals surface area contributed by atoms with Crippen LogP contribution in [0.2, 0.25) is 0 Å². The van der Waals surface area contributed by atoms with Gasteiger partial charge in [0.15, 0.2) is 0 Å². The van der Waals surface area contributed by atoms with E-state index in [-0.39, 0.29) is 0 Å². The van der Waals surface area contributed by atoms with Gasteiger partial charge in [-0.05, 0) is 60.8 Å². The maximum absolute atomic E-state index is 5.47. The fraction of sp³-hybridized carbons (Fsp3) is 0.286. The van der Waals surface area contributed by atoms with Crippen molar-refractivity contribution < 1.29 is 0 Å². The number of nitrogens with one attached hydrogen (secondary N) is 1. The van der Waals surface area contributed by atoms with Crippen LogP contribution in [0.5, 0.6) is 0 Å². The minimum atomic E-state index is 0.580. The summed E-state index contributed by atoms with van der Waals surface area (Å²) in [4.78, 5) is 11.1. The van der Waals surface area contributed by atoms with E-state index >= 15 is 0 Å². The van der Waals surface area contributed by atoms with Crippen LogP contribution in [0.1, 0.15) is 35.4 Å². The van der Waals surface area contributed by atoms with E-state index in [0.717, 1.165) is 12.4 Å². The van der Waals surface area contributed by atoms with E-state index in [1.54, 1.807) is 0 Å². The molecule has 5 nitrogen and oxygen atoms in total. The molecule has 4 rings (SSSR count). The molecule has 138 valence electrons. The predicted octanol–water partition coefficient (Wildman–Crippen LogP) is 4.44. The highest BCUT2D eigenvalue weighted by Crippen LogP contribution is 2.28. The number of aromatic nitrogens is 4. The van der Waals surface area contributed by atoms with Crippen molar-refractivity contribution in [1.29, 1.82) is 0 Å². The molecule has 1 N–H and O–H groups in total. The molecule has 0 radical (unpaired) electrons. The van der Waals surface area contributed by atoms with Crippen molar-refractivity contribution in [2.75, 3.05) is 0 Å². The van der Waals surface area contributed by atoms with Gasteiger partial charge in [0.2, 0.25) is 4.77 Å². The molecule has 1 saturated carbocycles. The van der Waals surface area contributed by atoms with Crippen LogP contribution >= 0.6 is 12.2 Å². The van der Waals surface area contributed by atoms with Gasteiger partial charge in [-0.25, -0.2) is 4.68 Å². The average molecular weight is 378 g/mol. The highest BCUT2D eigenvalue weighted by molar-refractivity contribution is 7.71. The van der Waals surface area contributed by atoms with E-state index in [1.165, 1.54) is 29.5 Å². The first-order chi connectivity index (χ1) is 13.2. The lowest BCUT2D eigenvalue weighted by molar-refractivity contribution is 0.186. The van der Waals surface area contributed by atoms with Crippen LogP contribution in [0.15, 0.2) is 48.8 Å². The molecule has 0 spiro atoms. The molecule has 2 heterocycles. The van der Waals surface area contributed by atoms with Crippen molar-refractivity contribution in [3.63, 3.8) is 0 Å². The van der Waals surface area contributed by atoms with Gasteiger partial charge < -0.3 is 0 Å². The summed E-state index contributed by atoms with van der Waals surface area (Å²) in [6.45, 7) is 3.68. The molecular weight excluding hydrogens is 354 g/mol. The molecule has 0 atom stereocenters. The lowest BCUT2D eigenvalue weighted by Gasteiger charge is -2.21. The van der Waals surface area contributed by atoms with E-state index in [1.807, 2.05) is 41.4 Å². The molecule has 0 amide bonds. The molecule has 1 aliphatic rings. The van der Waals surface area contributed by atoms with Crippen LogP contribution in [-0.2, 0) is 13.2 Å². The Bertz CT molecular complexity index is 985. The normalized spacial score (nSPS) is 14.3. The second kappa shape index (κ2) is 7.98. The second-order valence-electron chi connectivity index (χ2n) is 6.99. The molecule has 6 heteroatoms. The maximum atomic E-state index is 5.47. The third-order valence-corrected chi connectivity index (χ3v) is 5.11. The second-order valence-corrected chi connectivity index (χ2v) is 7.36. The molecular formula is C21H23N5S. The molecule has 1 fully saturated rings. The Hall–Kier alpha value is -2.57. The van der Waals surface area contributed by atoms with Crippen LogP contribution in [0.4, 0.5) is 0 Å². The third kappa shape index (κ3) is 4.59. The average Bonchev–Trinajstić information content (AvgIpc) is 3.46. The number of hydrogen-bond donors (Lipinski definition) is 1. The molecule has 3 aromatic rings. The summed E-state index contributed by atoms with van der Waals surface area (Å²) in [6, 6.07) is 13.0. The van der Waals surface area contributed by atoms with Gasteiger partial charge in [0.1, 0.15) is 5.82 Å². The van der Waals surface area contributed by atoms with Crippen molar-refractivity contribution >= 4 is 24.4 Å². The zero-order chi connectivity index (χ0) is 18.6. The fourth-order valence-corrected chi connectivity index (χ4v) is 3.33. The van der Waals surface area contributed by atoms with E-state index in [9.17, 15) is 0 Å². The summed E-state index contributed by atoms with van der Waals surface area (Å²) in [6.07, 6.45) is 10.3. The van der Waals surface area contributed by atoms with Gasteiger partial charge in [-0.3, -0.25) is 15.0 Å². The topological polar surface area (TPSA) is 49.7 Å². The maximum Gasteiger partial charge on any atom is 0.217 e. The number of benzene rings is 1. The molecule has 1 aromatic carbocycles. The minimum absolute atomic E-state index is 0.580. The van der Waals surface area contributed by atoms with Crippen molar-refractivity contribution in [3.05, 3.63) is 76.1 Å². The number of H-pyrrole nitrogens is 1. The quantitative estimate of drug-likeness (QED) is 0.619. The minimum Gasteiger partial charge on any atom is -0.278 e. The highest BCUT2D eigenvalue weighted by atomic mass is 32.1. The lowest BCUT2D eigenvalue weighted by Crippen LogP contribution is -2.29. The zero-order valence-corrected chi connectivity index (χ0v) is 16.2. The van der Waals surface area contributed by atoms with E-state index in [4.69, 9.17) is 12.2 Å². The van der Waals surface area contributed by atoms with Crippen LogP contribution in [0.3, 0.4) is 0 Å². The van der Waals surface area contributed by atoms with Gasteiger partial charge in [-0.1, -0.05) is 36.4 Å². The molecule has 1 aliphatic carbocycles. The van der Waals surface area contributed by atoms with Crippen molar-refractivity contribution in [2.24, 2.45) is 0 Å². The number of pyridine rings is 1. The molecule has 27 heavy (non-hydrogen) atoms. The van der Waals surface area contributed by atoms with Crippen molar-refractivity contribution in [3.8, 4) is 0 Å². The third-order valence-electron chi connectivity index (χ3n) is 4.80. The summed E-state index contributed by atoms with van der Waals surface area (Å²) >= 11 is 5.47. The fourth-order valence-electron chi connectivity index (χ4n) is 3.13. The summed E-state index contributed by atoms with van der Waals surface area (Å²) in [7, 11) is 0. The lowest BCUT2D eigenvalue weighted by atomic mass is 10.1. The molecule has 0 aliphatic heterocycles. The smallest absolute Gasteiger partial charge is 0.217 e. The number of hydrogen-bond acceptors (Lipinski definition) is 4. The van der Waals surface area contributed by atoms with Crippen LogP contribution in [-0.4, -0.2) is 30.7 Å². The van der Waals surface area contributed by atoms with Crippen molar-refractivity contribution in [1.82, 2.24) is 24.6 Å². The Labute approximate surface area is 164 Å². The highest BCUT2D eigenvalue weighted by Gasteiger charge is 2.29. The largest absolute Gasteiger partial charge is 0.278 e. The van der Waals surface area contributed by atoms with E-state index in [2.05, 4.69) is 51.2 Å². The Balaban J connectivity index is 1.49. The van der Waals surface area contributed by atoms with Gasteiger partial charge in [-0.15, -0.1) is 0 Å². The number of nitrogens with zero attached hydrogens (tertiary/aromatic N) is 4. The predicted molar refractivity (Wildman–Crippen MR) is 110 cm³/mol. The first-order valence-corrected chi connectivity index (χ1v) is 9.63. The number of aromatic amines is 1. The Morgan fingerprint density at radius 3 is 2.81 bits per heavy atom. The Kier molecular flexibility index (Phi) is 5.27. The SMILES string of the molecule is Cc1ccccc1C=Cc1nc(=S)n(CN(Cc2cccnc2)C2CC2)[nH]1. The van der Waals surface area contributed by atoms with Gasteiger partial charge in [0, 0.05) is 25.0 Å². The monoisotopic (exact) mass is 377 g/mol. The summed E-state index contributed by atoms with van der Waals surface area (Å²) in [5.74, 6) is 0.778. The molecule has 0 unspecified atom stereocenters. The van der Waals surface area contributed by atoms with Crippen LogP contribution in [0, 0.1) is 11.7 Å². The molecule has 2 aromatic heterocycles.